The van der Waals surface area contributed by atoms with Crippen molar-refractivity contribution in [2.24, 2.45) is 17.3 Å². The maximum Gasteiger partial charge on any atom is 0.329 e. The van der Waals surface area contributed by atoms with E-state index in [0.717, 1.165) is 11.0 Å². The summed E-state index contributed by atoms with van der Waals surface area (Å²) < 4.78 is 2.63. The normalized spacial score (nSPS) is 11.6. The Morgan fingerprint density at radius 3 is 2.48 bits per heavy atom. The van der Waals surface area contributed by atoms with Crippen LogP contribution in [0.15, 0.2) is 29.4 Å². The lowest BCUT2D eigenvalue weighted by Crippen LogP contribution is -2.29. The number of hydrogen-bond acceptors (Lipinski definition) is 8. The zero-order valence-corrected chi connectivity index (χ0v) is 14.4. The molecule has 0 radical (unpaired) electrons. The Kier molecular flexibility index (Phi) is 4.58. The molecule has 0 aliphatic heterocycles. The number of unbranched alkanes of at least 4 members (excludes halogenated alkanes) is 1. The SMILES string of the molecule is CCCCn1c(N=Nc2c(O)[nH]c(=O)[nH]c2=O)nc2c1c(=O)[nH]c(=O)n2C. The molecule has 142 valence electrons. The number of rotatable bonds is 5. The van der Waals surface area contributed by atoms with Gasteiger partial charge >= 0.3 is 11.4 Å². The van der Waals surface area contributed by atoms with Crippen molar-refractivity contribution in [3.05, 3.63) is 41.7 Å². The molecule has 0 atom stereocenters. The molecule has 0 spiro atoms. The number of aryl methyl sites for hydroxylation is 2. The van der Waals surface area contributed by atoms with Gasteiger partial charge in [0.25, 0.3) is 17.1 Å². The molecule has 0 fully saturated rings. The lowest BCUT2D eigenvalue weighted by molar-refractivity contribution is 0.450. The second kappa shape index (κ2) is 6.86. The number of hydrogen-bond donors (Lipinski definition) is 4. The van der Waals surface area contributed by atoms with E-state index >= 15 is 0 Å². The molecule has 0 unspecified atom stereocenters. The Balaban J connectivity index is 2.22. The van der Waals surface area contributed by atoms with Gasteiger partial charge in [-0.2, -0.15) is 4.98 Å². The number of imidazole rings is 1. The van der Waals surface area contributed by atoms with Crippen LogP contribution in [-0.4, -0.2) is 34.2 Å². The van der Waals surface area contributed by atoms with Crippen molar-refractivity contribution in [2.45, 2.75) is 26.3 Å². The van der Waals surface area contributed by atoms with E-state index in [9.17, 15) is 24.3 Å². The van der Waals surface area contributed by atoms with Gasteiger partial charge in [0.15, 0.2) is 11.2 Å². The highest BCUT2D eigenvalue weighted by molar-refractivity contribution is 5.73. The molecular weight excluding hydrogens is 360 g/mol. The van der Waals surface area contributed by atoms with E-state index in [1.165, 1.54) is 11.6 Å². The van der Waals surface area contributed by atoms with Gasteiger partial charge in [-0.25, -0.2) is 9.59 Å². The van der Waals surface area contributed by atoms with E-state index in [-0.39, 0.29) is 17.1 Å². The second-order valence-corrected chi connectivity index (χ2v) is 5.71. The molecule has 13 nitrogen and oxygen atoms in total. The summed E-state index contributed by atoms with van der Waals surface area (Å²) in [4.78, 5) is 57.1. The van der Waals surface area contributed by atoms with Gasteiger partial charge < -0.3 is 9.67 Å². The van der Waals surface area contributed by atoms with Crippen LogP contribution in [0.1, 0.15) is 19.8 Å². The summed E-state index contributed by atoms with van der Waals surface area (Å²) in [6.45, 7) is 2.33. The van der Waals surface area contributed by atoms with Crippen molar-refractivity contribution in [1.29, 1.82) is 0 Å². The van der Waals surface area contributed by atoms with Crippen molar-refractivity contribution in [2.75, 3.05) is 0 Å². The van der Waals surface area contributed by atoms with Crippen LogP contribution in [0, 0.1) is 0 Å². The summed E-state index contributed by atoms with van der Waals surface area (Å²) in [7, 11) is 1.44. The van der Waals surface area contributed by atoms with E-state index in [1.54, 1.807) is 0 Å². The monoisotopic (exact) mass is 376 g/mol. The Hall–Kier alpha value is -3.77. The summed E-state index contributed by atoms with van der Waals surface area (Å²) >= 11 is 0. The lowest BCUT2D eigenvalue weighted by atomic mass is 10.3. The fourth-order valence-corrected chi connectivity index (χ4v) is 2.48. The highest BCUT2D eigenvalue weighted by atomic mass is 16.3. The zero-order chi connectivity index (χ0) is 19.7. The maximum atomic E-state index is 12.2. The predicted octanol–water partition coefficient (Wildman–Crippen LogP) is -0.279. The molecule has 13 heteroatoms. The molecule has 0 aliphatic carbocycles. The highest BCUT2D eigenvalue weighted by Gasteiger charge is 2.17. The standard InChI is InChI=1S/C14H16N8O5/c1-3-4-5-22-7-8(21(2)14(27)18-11(7)25)15-12(22)20-19-6-9(23)16-13(26)17-10(6)24/h3-5H2,1-2H3,(H,18,25,27)(H3,16,17,23,24,26). The van der Waals surface area contributed by atoms with Crippen LogP contribution in [0.5, 0.6) is 5.88 Å². The molecule has 3 rings (SSSR count). The third-order valence-corrected chi connectivity index (χ3v) is 3.86. The van der Waals surface area contributed by atoms with Crippen molar-refractivity contribution in [3.8, 4) is 5.88 Å². The molecule has 0 saturated carbocycles. The number of aromatic amines is 3. The molecule has 27 heavy (non-hydrogen) atoms. The van der Waals surface area contributed by atoms with Crippen molar-refractivity contribution >= 4 is 22.8 Å². The molecule has 3 aromatic heterocycles. The van der Waals surface area contributed by atoms with Gasteiger partial charge in [-0.1, -0.05) is 13.3 Å². The minimum Gasteiger partial charge on any atom is -0.493 e. The number of aromatic nitrogens is 6. The zero-order valence-electron chi connectivity index (χ0n) is 14.4. The fraction of sp³-hybridized carbons (Fsp3) is 0.357. The van der Waals surface area contributed by atoms with Crippen LogP contribution in [0.3, 0.4) is 0 Å². The van der Waals surface area contributed by atoms with Crippen molar-refractivity contribution in [1.82, 2.24) is 29.1 Å². The molecular formula is C14H16N8O5. The third-order valence-electron chi connectivity index (χ3n) is 3.86. The largest absolute Gasteiger partial charge is 0.493 e. The van der Waals surface area contributed by atoms with Gasteiger partial charge in [0, 0.05) is 13.6 Å². The average molecular weight is 376 g/mol. The first-order valence-electron chi connectivity index (χ1n) is 8.00. The minimum atomic E-state index is -0.943. The molecule has 0 aliphatic rings. The van der Waals surface area contributed by atoms with Gasteiger partial charge in [-0.3, -0.25) is 29.1 Å². The Labute approximate surface area is 149 Å². The van der Waals surface area contributed by atoms with E-state index in [0.29, 0.717) is 13.0 Å². The number of fused-ring (bicyclic) bond motifs is 1. The molecule has 0 amide bonds. The fourth-order valence-electron chi connectivity index (χ4n) is 2.48. The summed E-state index contributed by atoms with van der Waals surface area (Å²) in [5.74, 6) is -0.788. The summed E-state index contributed by atoms with van der Waals surface area (Å²) in [6, 6.07) is 0. The first kappa shape index (κ1) is 18.0. The second-order valence-electron chi connectivity index (χ2n) is 5.71. The first-order valence-corrected chi connectivity index (χ1v) is 8.00. The smallest absolute Gasteiger partial charge is 0.329 e. The number of nitrogens with zero attached hydrogens (tertiary/aromatic N) is 5. The third kappa shape index (κ3) is 3.21. The van der Waals surface area contributed by atoms with E-state index in [1.807, 2.05) is 16.9 Å². The van der Waals surface area contributed by atoms with Gasteiger partial charge in [-0.05, 0) is 6.42 Å². The quantitative estimate of drug-likeness (QED) is 0.444. The van der Waals surface area contributed by atoms with Gasteiger partial charge in [0.05, 0.1) is 0 Å². The van der Waals surface area contributed by atoms with E-state index in [2.05, 4.69) is 20.2 Å². The first-order chi connectivity index (χ1) is 12.8. The number of aromatic hydroxyl groups is 1. The van der Waals surface area contributed by atoms with Crippen molar-refractivity contribution in [3.63, 3.8) is 0 Å². The van der Waals surface area contributed by atoms with Crippen LogP contribution in [0.2, 0.25) is 0 Å². The molecule has 3 heterocycles. The lowest BCUT2D eigenvalue weighted by Gasteiger charge is -2.04. The predicted molar refractivity (Wildman–Crippen MR) is 94.0 cm³/mol. The molecule has 0 aromatic carbocycles. The van der Waals surface area contributed by atoms with Crippen LogP contribution in [0.4, 0.5) is 11.6 Å². The summed E-state index contributed by atoms with van der Waals surface area (Å²) in [5.41, 5.74) is -3.37. The summed E-state index contributed by atoms with van der Waals surface area (Å²) in [5, 5.41) is 17.1. The number of H-pyrrole nitrogens is 3. The summed E-state index contributed by atoms with van der Waals surface area (Å²) in [6.07, 6.45) is 1.51. The molecule has 4 N–H and O–H groups in total. The van der Waals surface area contributed by atoms with E-state index in [4.69, 9.17) is 0 Å². The van der Waals surface area contributed by atoms with Gasteiger partial charge in [0.2, 0.25) is 11.6 Å². The Bertz CT molecular complexity index is 1270. The van der Waals surface area contributed by atoms with Gasteiger partial charge in [-0.15, -0.1) is 10.2 Å². The molecule has 0 saturated heterocycles. The van der Waals surface area contributed by atoms with Crippen molar-refractivity contribution < 1.29 is 5.11 Å². The topological polar surface area (TPSA) is 183 Å². The maximum absolute atomic E-state index is 12.2. The average Bonchev–Trinajstić information content (AvgIpc) is 2.96. The van der Waals surface area contributed by atoms with Crippen LogP contribution in [0.25, 0.3) is 11.2 Å². The number of azo groups is 1. The minimum absolute atomic E-state index is 0.0323. The molecule has 3 aromatic rings. The Morgan fingerprint density at radius 1 is 1.07 bits per heavy atom. The number of nitrogens with one attached hydrogen (secondary N) is 3. The molecule has 0 bridgehead atoms. The van der Waals surface area contributed by atoms with Gasteiger partial charge in [0.1, 0.15) is 0 Å². The van der Waals surface area contributed by atoms with Crippen LogP contribution < -0.4 is 22.5 Å². The van der Waals surface area contributed by atoms with Crippen LogP contribution >= 0.6 is 0 Å². The van der Waals surface area contributed by atoms with E-state index < -0.39 is 34.1 Å². The van der Waals surface area contributed by atoms with Crippen LogP contribution in [-0.2, 0) is 13.6 Å². The highest BCUT2D eigenvalue weighted by Crippen LogP contribution is 2.23. The Morgan fingerprint density at radius 2 is 1.81 bits per heavy atom.